The van der Waals surface area contributed by atoms with Gasteiger partial charge in [-0.1, -0.05) is 20.8 Å². The van der Waals surface area contributed by atoms with Crippen LogP contribution in [0.1, 0.15) is 32.0 Å². The quantitative estimate of drug-likeness (QED) is 0.481. The number of hydrogen-bond acceptors (Lipinski definition) is 6. The first-order chi connectivity index (χ1) is 14.2. The van der Waals surface area contributed by atoms with Gasteiger partial charge < -0.3 is 9.15 Å². The van der Waals surface area contributed by atoms with Gasteiger partial charge in [-0.05, 0) is 25.1 Å². The Morgan fingerprint density at radius 3 is 2.70 bits per heavy atom. The fourth-order valence-electron chi connectivity index (χ4n) is 2.94. The Morgan fingerprint density at radius 2 is 2.03 bits per heavy atom. The van der Waals surface area contributed by atoms with E-state index in [-0.39, 0.29) is 11.4 Å². The van der Waals surface area contributed by atoms with Crippen molar-refractivity contribution in [3.8, 4) is 34.5 Å². The summed E-state index contributed by atoms with van der Waals surface area (Å²) in [4.78, 5) is 12.4. The molecule has 0 aliphatic rings. The van der Waals surface area contributed by atoms with Crippen LogP contribution >= 0.6 is 0 Å². The van der Waals surface area contributed by atoms with Crippen molar-refractivity contribution in [1.82, 2.24) is 24.7 Å². The topological polar surface area (TPSA) is 78.9 Å². The molecule has 8 heteroatoms. The Morgan fingerprint density at radius 1 is 1.23 bits per heavy atom. The van der Waals surface area contributed by atoms with Crippen LogP contribution in [0.15, 0.2) is 41.4 Å². The van der Waals surface area contributed by atoms with E-state index in [0.717, 1.165) is 5.69 Å². The van der Waals surface area contributed by atoms with Gasteiger partial charge in [-0.3, -0.25) is 4.68 Å². The van der Waals surface area contributed by atoms with Crippen molar-refractivity contribution in [2.75, 3.05) is 0 Å². The SMILES string of the molecule is Cc1[c]c(F)c(-c2cc(C(C)(C)C)nn2C)cc1Oc1nccc(-c2cnco2)n1. The molecule has 0 saturated carbocycles. The molecule has 0 unspecified atom stereocenters. The minimum absolute atomic E-state index is 0.110. The molecule has 7 nitrogen and oxygen atoms in total. The highest BCUT2D eigenvalue weighted by Gasteiger charge is 2.22. The predicted molar refractivity (Wildman–Crippen MR) is 108 cm³/mol. The fraction of sp³-hybridized carbons (Fsp3) is 0.273. The van der Waals surface area contributed by atoms with Crippen molar-refractivity contribution in [2.45, 2.75) is 33.1 Å². The van der Waals surface area contributed by atoms with Crippen LogP contribution in [0.4, 0.5) is 4.39 Å². The van der Waals surface area contributed by atoms with E-state index in [2.05, 4.69) is 46.9 Å². The average molecular weight is 406 g/mol. The average Bonchev–Trinajstić information content (AvgIpc) is 3.34. The predicted octanol–water partition coefficient (Wildman–Crippen LogP) is 4.87. The first-order valence-electron chi connectivity index (χ1n) is 9.39. The summed E-state index contributed by atoms with van der Waals surface area (Å²) in [6, 6.07) is 8.02. The lowest BCUT2D eigenvalue weighted by atomic mass is 9.92. The van der Waals surface area contributed by atoms with Gasteiger partial charge in [0.15, 0.2) is 12.2 Å². The maximum absolute atomic E-state index is 14.8. The van der Waals surface area contributed by atoms with E-state index in [1.807, 2.05) is 6.07 Å². The van der Waals surface area contributed by atoms with E-state index in [9.17, 15) is 4.39 Å². The fourth-order valence-corrected chi connectivity index (χ4v) is 2.94. The van der Waals surface area contributed by atoms with E-state index in [1.54, 1.807) is 43.2 Å². The maximum Gasteiger partial charge on any atom is 0.322 e. The molecule has 0 aliphatic carbocycles. The Labute approximate surface area is 173 Å². The number of halogens is 1. The largest absolute Gasteiger partial charge is 0.442 e. The zero-order valence-electron chi connectivity index (χ0n) is 17.4. The molecular formula is C22H21FN5O2. The number of rotatable bonds is 4. The molecule has 0 saturated heterocycles. The van der Waals surface area contributed by atoms with E-state index in [4.69, 9.17) is 9.15 Å². The molecule has 0 spiro atoms. The van der Waals surface area contributed by atoms with Crippen LogP contribution < -0.4 is 4.74 Å². The van der Waals surface area contributed by atoms with Crippen molar-refractivity contribution < 1.29 is 13.5 Å². The molecule has 0 bridgehead atoms. The zero-order chi connectivity index (χ0) is 21.5. The lowest BCUT2D eigenvalue weighted by Gasteiger charge is -2.13. The minimum Gasteiger partial charge on any atom is -0.442 e. The molecule has 1 radical (unpaired) electrons. The summed E-state index contributed by atoms with van der Waals surface area (Å²) in [5.41, 5.74) is 2.72. The molecule has 0 atom stereocenters. The lowest BCUT2D eigenvalue weighted by Crippen LogP contribution is -2.12. The van der Waals surface area contributed by atoms with Gasteiger partial charge >= 0.3 is 6.01 Å². The van der Waals surface area contributed by atoms with Crippen molar-refractivity contribution in [3.63, 3.8) is 0 Å². The Balaban J connectivity index is 1.71. The van der Waals surface area contributed by atoms with E-state index in [1.165, 1.54) is 6.39 Å². The highest BCUT2D eigenvalue weighted by Crippen LogP contribution is 2.33. The molecule has 153 valence electrons. The van der Waals surface area contributed by atoms with Crippen LogP contribution in [0.2, 0.25) is 0 Å². The Kier molecular flexibility index (Phi) is 4.85. The van der Waals surface area contributed by atoms with Gasteiger partial charge in [0.05, 0.1) is 17.6 Å². The summed E-state index contributed by atoms with van der Waals surface area (Å²) in [5, 5.41) is 4.53. The molecule has 0 aliphatic heterocycles. The minimum atomic E-state index is -0.473. The van der Waals surface area contributed by atoms with Crippen molar-refractivity contribution in [1.29, 1.82) is 0 Å². The number of aryl methyl sites for hydroxylation is 2. The van der Waals surface area contributed by atoms with Crippen molar-refractivity contribution in [3.05, 3.63) is 60.1 Å². The third-order valence-electron chi connectivity index (χ3n) is 4.62. The van der Waals surface area contributed by atoms with E-state index >= 15 is 0 Å². The molecule has 0 amide bonds. The first-order valence-corrected chi connectivity index (χ1v) is 9.39. The molecule has 0 fully saturated rings. The van der Waals surface area contributed by atoms with E-state index in [0.29, 0.717) is 34.0 Å². The maximum atomic E-state index is 14.8. The van der Waals surface area contributed by atoms with Gasteiger partial charge in [-0.15, -0.1) is 0 Å². The summed E-state index contributed by atoms with van der Waals surface area (Å²) in [6.07, 6.45) is 4.43. The number of ether oxygens (including phenoxy) is 1. The van der Waals surface area contributed by atoms with Gasteiger partial charge in [0.25, 0.3) is 0 Å². The molecule has 4 aromatic rings. The Hall–Kier alpha value is -3.55. The second kappa shape index (κ2) is 7.37. The second-order valence-corrected chi connectivity index (χ2v) is 7.97. The van der Waals surface area contributed by atoms with Gasteiger partial charge in [0, 0.05) is 35.9 Å². The molecular weight excluding hydrogens is 385 g/mol. The van der Waals surface area contributed by atoms with Gasteiger partial charge in [-0.2, -0.15) is 10.1 Å². The monoisotopic (exact) mass is 406 g/mol. The van der Waals surface area contributed by atoms with Crippen molar-refractivity contribution in [2.24, 2.45) is 7.05 Å². The Bertz CT molecular complexity index is 1190. The number of benzene rings is 1. The molecule has 4 rings (SSSR count). The molecule has 3 heterocycles. The molecule has 1 aromatic carbocycles. The van der Waals surface area contributed by atoms with Gasteiger partial charge in [0.2, 0.25) is 0 Å². The molecule has 30 heavy (non-hydrogen) atoms. The lowest BCUT2D eigenvalue weighted by molar-refractivity contribution is 0.437. The summed E-state index contributed by atoms with van der Waals surface area (Å²) in [6.45, 7) is 7.89. The van der Waals surface area contributed by atoms with Crippen LogP contribution in [0.3, 0.4) is 0 Å². The van der Waals surface area contributed by atoms with Crippen molar-refractivity contribution >= 4 is 0 Å². The van der Waals surface area contributed by atoms with Crippen LogP contribution in [-0.2, 0) is 12.5 Å². The molecule has 0 N–H and O–H groups in total. The second-order valence-electron chi connectivity index (χ2n) is 7.97. The van der Waals surface area contributed by atoms with Crippen LogP contribution in [-0.4, -0.2) is 24.7 Å². The standard InChI is InChI=1S/C22H21FN5O2/c1-13-8-15(23)14(17-10-20(22(2,3)4)27-28(17)5)9-18(13)30-21-25-7-6-16(26-21)19-11-24-12-29-19/h6-7,9-12H,1-5H3. The highest BCUT2D eigenvalue weighted by atomic mass is 19.1. The summed E-state index contributed by atoms with van der Waals surface area (Å²) < 4.78 is 27.6. The van der Waals surface area contributed by atoms with Crippen LogP contribution in [0, 0.1) is 18.8 Å². The first kappa shape index (κ1) is 19.8. The van der Waals surface area contributed by atoms with Gasteiger partial charge in [0.1, 0.15) is 17.3 Å². The van der Waals surface area contributed by atoms with Gasteiger partial charge in [-0.25, -0.2) is 14.4 Å². The normalized spacial score (nSPS) is 11.7. The highest BCUT2D eigenvalue weighted by molar-refractivity contribution is 5.64. The van der Waals surface area contributed by atoms with E-state index < -0.39 is 5.82 Å². The third kappa shape index (κ3) is 3.80. The number of oxazole rings is 1. The number of hydrogen-bond donors (Lipinski definition) is 0. The third-order valence-corrected chi connectivity index (χ3v) is 4.62. The van der Waals surface area contributed by atoms with Crippen LogP contribution in [0.5, 0.6) is 11.8 Å². The number of nitrogens with zero attached hydrogens (tertiary/aromatic N) is 5. The number of aromatic nitrogens is 5. The molecule has 3 aromatic heterocycles. The summed E-state index contributed by atoms with van der Waals surface area (Å²) in [7, 11) is 1.79. The zero-order valence-corrected chi connectivity index (χ0v) is 17.4. The smallest absolute Gasteiger partial charge is 0.322 e. The summed E-state index contributed by atoms with van der Waals surface area (Å²) in [5.74, 6) is 0.425. The van der Waals surface area contributed by atoms with Crippen LogP contribution in [0.25, 0.3) is 22.7 Å². The summed E-state index contributed by atoms with van der Waals surface area (Å²) >= 11 is 0.